The van der Waals surface area contributed by atoms with E-state index in [0.717, 1.165) is 19.4 Å². The van der Waals surface area contributed by atoms with Crippen LogP contribution in [0, 0.1) is 5.92 Å². The van der Waals surface area contributed by atoms with E-state index >= 15 is 0 Å². The van der Waals surface area contributed by atoms with Crippen molar-refractivity contribution in [2.45, 2.75) is 59.1 Å². The molecular weight excluding hydrogens is 276 g/mol. The second-order valence-electron chi connectivity index (χ2n) is 7.23. The summed E-state index contributed by atoms with van der Waals surface area (Å²) >= 11 is 0. The normalized spacial score (nSPS) is 14.2. The highest BCUT2D eigenvalue weighted by Crippen LogP contribution is 2.08. The van der Waals surface area contributed by atoms with Gasteiger partial charge in [0.1, 0.15) is 5.60 Å². The average Bonchev–Trinajstić information content (AvgIpc) is 2.32. The Morgan fingerprint density at radius 1 is 1.23 bits per heavy atom. The van der Waals surface area contributed by atoms with Crippen LogP contribution >= 0.6 is 0 Å². The summed E-state index contributed by atoms with van der Waals surface area (Å²) in [4.78, 5) is 14.0. The predicted octanol–water partition coefficient (Wildman–Crippen LogP) is 3.99. The molecule has 0 heterocycles. The van der Waals surface area contributed by atoms with E-state index in [1.807, 2.05) is 40.9 Å². The van der Waals surface area contributed by atoms with Crippen LogP contribution in [0.5, 0.6) is 0 Å². The van der Waals surface area contributed by atoms with Gasteiger partial charge in [0.2, 0.25) is 0 Å². The van der Waals surface area contributed by atoms with Crippen molar-refractivity contribution >= 4 is 6.09 Å². The highest BCUT2D eigenvalue weighted by atomic mass is 16.6. The molecule has 0 spiro atoms. The molecule has 0 radical (unpaired) electrons. The maximum Gasteiger partial charge on any atom is 0.407 e. The van der Waals surface area contributed by atoms with Crippen molar-refractivity contribution in [3.05, 3.63) is 24.3 Å². The Kier molecular flexibility index (Phi) is 9.83. The summed E-state index contributed by atoms with van der Waals surface area (Å²) in [7, 11) is 4.07. The Labute approximate surface area is 136 Å². The van der Waals surface area contributed by atoms with E-state index in [0.29, 0.717) is 5.92 Å². The smallest absolute Gasteiger partial charge is 0.407 e. The summed E-state index contributed by atoms with van der Waals surface area (Å²) in [6.07, 6.45) is 9.69. The second-order valence-corrected chi connectivity index (χ2v) is 7.23. The van der Waals surface area contributed by atoms with Gasteiger partial charge in [0.25, 0.3) is 0 Å². The molecule has 0 saturated heterocycles. The number of hydrogen-bond acceptors (Lipinski definition) is 3. The molecule has 4 nitrogen and oxygen atoms in total. The van der Waals surface area contributed by atoms with Gasteiger partial charge in [-0.15, -0.1) is 0 Å². The van der Waals surface area contributed by atoms with Crippen molar-refractivity contribution in [3.63, 3.8) is 0 Å². The molecule has 0 aromatic carbocycles. The van der Waals surface area contributed by atoms with Crippen LogP contribution in [0.1, 0.15) is 47.5 Å². The van der Waals surface area contributed by atoms with Crippen molar-refractivity contribution in [1.82, 2.24) is 10.2 Å². The van der Waals surface area contributed by atoms with Gasteiger partial charge in [-0.25, -0.2) is 4.79 Å². The second kappa shape index (κ2) is 10.4. The average molecular weight is 310 g/mol. The molecule has 0 aromatic heterocycles. The first-order valence-corrected chi connectivity index (χ1v) is 8.07. The zero-order valence-electron chi connectivity index (χ0n) is 15.3. The van der Waals surface area contributed by atoms with Gasteiger partial charge in [0.15, 0.2) is 0 Å². The number of carbonyl (C=O) groups is 1. The Hall–Kier alpha value is -1.29. The van der Waals surface area contributed by atoms with Gasteiger partial charge in [0.05, 0.1) is 0 Å². The van der Waals surface area contributed by atoms with Crippen LogP contribution in [0.25, 0.3) is 0 Å². The third-order valence-corrected chi connectivity index (χ3v) is 2.81. The summed E-state index contributed by atoms with van der Waals surface area (Å²) < 4.78 is 5.33. The molecule has 0 aliphatic rings. The third kappa shape index (κ3) is 13.7. The lowest BCUT2D eigenvalue weighted by atomic mass is 10.1. The third-order valence-electron chi connectivity index (χ3n) is 2.81. The Balaban J connectivity index is 4.45. The van der Waals surface area contributed by atoms with Crippen molar-refractivity contribution < 1.29 is 9.53 Å². The monoisotopic (exact) mass is 310 g/mol. The van der Waals surface area contributed by atoms with Crippen molar-refractivity contribution in [2.75, 3.05) is 20.6 Å². The maximum absolute atomic E-state index is 11.9. The summed E-state index contributed by atoms with van der Waals surface area (Å²) in [5.41, 5.74) is -0.466. The molecule has 128 valence electrons. The number of nitrogens with zero attached hydrogens (tertiary/aromatic N) is 1. The summed E-state index contributed by atoms with van der Waals surface area (Å²) in [5, 5.41) is 2.97. The summed E-state index contributed by atoms with van der Waals surface area (Å²) in [6, 6.07) is 0.0842. The quantitative estimate of drug-likeness (QED) is 0.689. The van der Waals surface area contributed by atoms with Crippen LogP contribution in [-0.4, -0.2) is 43.3 Å². The lowest BCUT2D eigenvalue weighted by molar-refractivity contribution is 0.0500. The van der Waals surface area contributed by atoms with Gasteiger partial charge in [-0.1, -0.05) is 38.2 Å². The lowest BCUT2D eigenvalue weighted by Crippen LogP contribution is -2.40. The topological polar surface area (TPSA) is 41.6 Å². The first-order chi connectivity index (χ1) is 10.1. The molecular formula is C18H34N2O2. The Morgan fingerprint density at radius 3 is 2.36 bits per heavy atom. The van der Waals surface area contributed by atoms with Crippen LogP contribution in [0.4, 0.5) is 4.79 Å². The number of allylic oxidation sites excluding steroid dienone is 3. The van der Waals surface area contributed by atoms with Crippen LogP contribution in [0.2, 0.25) is 0 Å². The zero-order valence-corrected chi connectivity index (χ0v) is 15.3. The molecule has 0 aliphatic heterocycles. The number of ether oxygens (including phenoxy) is 1. The van der Waals surface area contributed by atoms with E-state index in [1.165, 1.54) is 0 Å². The molecule has 0 rings (SSSR count). The van der Waals surface area contributed by atoms with Gasteiger partial charge >= 0.3 is 6.09 Å². The predicted molar refractivity (Wildman–Crippen MR) is 94.1 cm³/mol. The number of nitrogens with one attached hydrogen (secondary N) is 1. The molecule has 0 unspecified atom stereocenters. The van der Waals surface area contributed by atoms with Crippen molar-refractivity contribution in [2.24, 2.45) is 5.92 Å². The molecule has 22 heavy (non-hydrogen) atoms. The van der Waals surface area contributed by atoms with Crippen molar-refractivity contribution in [1.29, 1.82) is 0 Å². The molecule has 4 heteroatoms. The Morgan fingerprint density at radius 2 is 1.86 bits per heavy atom. The van der Waals surface area contributed by atoms with Crippen molar-refractivity contribution in [3.8, 4) is 0 Å². The van der Waals surface area contributed by atoms with Gasteiger partial charge in [0, 0.05) is 6.04 Å². The van der Waals surface area contributed by atoms with E-state index in [-0.39, 0.29) is 12.1 Å². The molecule has 0 aliphatic carbocycles. The zero-order chi connectivity index (χ0) is 17.2. The van der Waals surface area contributed by atoms with Gasteiger partial charge in [-0.05, 0) is 60.2 Å². The minimum absolute atomic E-state index is 0.0842. The fraction of sp³-hybridized carbons (Fsp3) is 0.722. The lowest BCUT2D eigenvalue weighted by Gasteiger charge is -2.24. The first kappa shape index (κ1) is 20.7. The highest BCUT2D eigenvalue weighted by molar-refractivity contribution is 5.68. The van der Waals surface area contributed by atoms with E-state index < -0.39 is 5.60 Å². The van der Waals surface area contributed by atoms with E-state index in [1.54, 1.807) is 0 Å². The molecule has 1 amide bonds. The van der Waals surface area contributed by atoms with E-state index in [9.17, 15) is 4.79 Å². The van der Waals surface area contributed by atoms with Gasteiger partial charge in [-0.2, -0.15) is 0 Å². The maximum atomic E-state index is 11.9. The summed E-state index contributed by atoms with van der Waals surface area (Å²) in [6.45, 7) is 10.8. The summed E-state index contributed by atoms with van der Waals surface area (Å²) in [5.74, 6) is 0.550. The number of hydrogen-bond donors (Lipinski definition) is 1. The van der Waals surface area contributed by atoms with E-state index in [4.69, 9.17) is 4.74 Å². The molecule has 1 atom stereocenters. The number of alkyl carbamates (subject to hydrolysis) is 1. The van der Waals surface area contributed by atoms with Crippen LogP contribution in [0.3, 0.4) is 0 Å². The van der Waals surface area contributed by atoms with E-state index in [2.05, 4.69) is 42.3 Å². The number of amides is 1. The van der Waals surface area contributed by atoms with Gasteiger partial charge in [-0.3, -0.25) is 0 Å². The Bertz CT molecular complexity index is 366. The standard InChI is InChI=1S/C18H34N2O2/c1-15(2)11-9-8-10-12-16(13-14-20(6)7)19-17(21)22-18(3,4)5/h8-11,15-16H,12-14H2,1-7H3,(H,19,21)/b10-8-,11-9-/t16-/m1/s1. The molecule has 1 N–H and O–H groups in total. The minimum atomic E-state index is -0.466. The highest BCUT2D eigenvalue weighted by Gasteiger charge is 2.18. The SMILES string of the molecule is CC(C)/C=C\C=C/C[C@H](CCN(C)C)NC(=O)OC(C)(C)C. The molecule has 0 bridgehead atoms. The molecule has 0 fully saturated rings. The number of rotatable bonds is 8. The number of carbonyl (C=O) groups excluding carboxylic acids is 1. The van der Waals surface area contributed by atoms with Crippen LogP contribution in [0.15, 0.2) is 24.3 Å². The van der Waals surface area contributed by atoms with Crippen LogP contribution in [-0.2, 0) is 4.74 Å². The largest absolute Gasteiger partial charge is 0.444 e. The molecule has 0 aromatic rings. The van der Waals surface area contributed by atoms with Gasteiger partial charge < -0.3 is 15.0 Å². The fourth-order valence-corrected chi connectivity index (χ4v) is 1.74. The minimum Gasteiger partial charge on any atom is -0.444 e. The molecule has 0 saturated carbocycles. The fourth-order valence-electron chi connectivity index (χ4n) is 1.74. The van der Waals surface area contributed by atoms with Crippen LogP contribution < -0.4 is 5.32 Å². The first-order valence-electron chi connectivity index (χ1n) is 8.07.